The van der Waals surface area contributed by atoms with E-state index in [0.29, 0.717) is 24.0 Å². The molecule has 3 nitrogen and oxygen atoms in total. The van der Waals surface area contributed by atoms with Crippen molar-refractivity contribution in [1.82, 2.24) is 9.55 Å². The summed E-state index contributed by atoms with van der Waals surface area (Å²) in [7, 11) is 1.92. The van der Waals surface area contributed by atoms with Crippen LogP contribution in [-0.2, 0) is 19.1 Å². The molecule has 2 rings (SSSR count). The molecule has 0 aliphatic carbocycles. The first-order valence-electron chi connectivity index (χ1n) is 6.35. The highest BCUT2D eigenvalue weighted by molar-refractivity contribution is 5.27. The third kappa shape index (κ3) is 3.01. The van der Waals surface area contributed by atoms with E-state index in [0.717, 1.165) is 5.82 Å². The summed E-state index contributed by atoms with van der Waals surface area (Å²) in [6.07, 6.45) is 4.75. The molecule has 0 saturated heterocycles. The first-order chi connectivity index (χ1) is 8.90. The molecule has 0 fully saturated rings. The van der Waals surface area contributed by atoms with Gasteiger partial charge in [-0.25, -0.2) is 9.37 Å². The summed E-state index contributed by atoms with van der Waals surface area (Å²) in [6.45, 7) is 3.42. The van der Waals surface area contributed by atoms with Crippen molar-refractivity contribution in [3.63, 3.8) is 0 Å². The Labute approximate surface area is 112 Å². The minimum Gasteiger partial charge on any atom is -0.385 e. The van der Waals surface area contributed by atoms with E-state index < -0.39 is 5.60 Å². The van der Waals surface area contributed by atoms with Crippen LogP contribution in [0.1, 0.15) is 30.3 Å². The number of aliphatic hydroxyl groups is 1. The number of imidazole rings is 1. The molecule has 1 heterocycles. The Hall–Kier alpha value is -1.68. The average molecular weight is 262 g/mol. The first-order valence-corrected chi connectivity index (χ1v) is 6.35. The Balaban J connectivity index is 2.13. The Morgan fingerprint density at radius 2 is 2.16 bits per heavy atom. The predicted octanol–water partition coefficient (Wildman–Crippen LogP) is 2.71. The van der Waals surface area contributed by atoms with E-state index in [1.165, 1.54) is 6.07 Å². The first kappa shape index (κ1) is 13.7. The number of aryl methyl sites for hydroxylation is 3. The van der Waals surface area contributed by atoms with Crippen LogP contribution >= 0.6 is 0 Å². The molecule has 2 aromatic rings. The third-order valence-corrected chi connectivity index (χ3v) is 3.55. The Bertz CT molecular complexity index is 575. The molecule has 19 heavy (non-hydrogen) atoms. The van der Waals surface area contributed by atoms with Gasteiger partial charge in [-0.05, 0) is 37.5 Å². The summed E-state index contributed by atoms with van der Waals surface area (Å²) >= 11 is 0. The fourth-order valence-corrected chi connectivity index (χ4v) is 2.06. The van der Waals surface area contributed by atoms with E-state index in [9.17, 15) is 9.50 Å². The van der Waals surface area contributed by atoms with Gasteiger partial charge in [0, 0.05) is 25.9 Å². The van der Waals surface area contributed by atoms with Crippen LogP contribution in [0.25, 0.3) is 0 Å². The molecule has 1 aromatic carbocycles. The molecule has 1 N–H and O–H groups in total. The van der Waals surface area contributed by atoms with Crippen LogP contribution in [0.5, 0.6) is 0 Å². The van der Waals surface area contributed by atoms with E-state index in [1.54, 1.807) is 32.2 Å². The van der Waals surface area contributed by atoms with E-state index in [4.69, 9.17) is 0 Å². The molecule has 4 heteroatoms. The summed E-state index contributed by atoms with van der Waals surface area (Å²) < 4.78 is 15.5. The maximum Gasteiger partial charge on any atom is 0.126 e. The molecule has 1 atom stereocenters. The zero-order chi connectivity index (χ0) is 14.0. The smallest absolute Gasteiger partial charge is 0.126 e. The van der Waals surface area contributed by atoms with E-state index in [2.05, 4.69) is 4.98 Å². The van der Waals surface area contributed by atoms with Crippen LogP contribution in [0.2, 0.25) is 0 Å². The molecule has 0 spiro atoms. The molecule has 102 valence electrons. The number of rotatable bonds is 4. The van der Waals surface area contributed by atoms with Gasteiger partial charge in [0.1, 0.15) is 11.6 Å². The highest BCUT2D eigenvalue weighted by Crippen LogP contribution is 2.27. The lowest BCUT2D eigenvalue weighted by atomic mass is 9.90. The minimum absolute atomic E-state index is 0.283. The summed E-state index contributed by atoms with van der Waals surface area (Å²) in [5.41, 5.74) is 0.133. The van der Waals surface area contributed by atoms with Gasteiger partial charge in [-0.2, -0.15) is 0 Å². The largest absolute Gasteiger partial charge is 0.385 e. The molecule has 0 radical (unpaired) electrons. The van der Waals surface area contributed by atoms with Crippen molar-refractivity contribution in [1.29, 1.82) is 0 Å². The fourth-order valence-electron chi connectivity index (χ4n) is 2.06. The third-order valence-electron chi connectivity index (χ3n) is 3.55. The second kappa shape index (κ2) is 5.13. The molecule has 0 saturated carbocycles. The molecular formula is C15H19FN2O. The van der Waals surface area contributed by atoms with E-state index in [-0.39, 0.29) is 5.82 Å². The molecule has 0 aliphatic heterocycles. The molecule has 0 aliphatic rings. The summed E-state index contributed by atoms with van der Waals surface area (Å²) in [5.74, 6) is 0.627. The van der Waals surface area contributed by atoms with Gasteiger partial charge >= 0.3 is 0 Å². The van der Waals surface area contributed by atoms with E-state index >= 15 is 0 Å². The van der Waals surface area contributed by atoms with Crippen molar-refractivity contribution >= 4 is 0 Å². The quantitative estimate of drug-likeness (QED) is 0.920. The standard InChI is InChI=1S/C15H19FN2O/c1-11-4-5-12(10-13(11)16)15(2,19)7-6-14-17-8-9-18(14)3/h4-5,8-10,19H,6-7H2,1-3H3. The van der Waals surface area contributed by atoms with Crippen molar-refractivity contribution in [3.05, 3.63) is 53.4 Å². The summed E-state index contributed by atoms with van der Waals surface area (Å²) in [4.78, 5) is 4.22. The Morgan fingerprint density at radius 1 is 1.42 bits per heavy atom. The Kier molecular flexibility index (Phi) is 3.71. The predicted molar refractivity (Wildman–Crippen MR) is 72.2 cm³/mol. The van der Waals surface area contributed by atoms with Crippen molar-refractivity contribution in [3.8, 4) is 0 Å². The van der Waals surface area contributed by atoms with Gasteiger partial charge in [-0.15, -0.1) is 0 Å². The highest BCUT2D eigenvalue weighted by atomic mass is 19.1. The second-order valence-electron chi connectivity index (χ2n) is 5.19. The lowest BCUT2D eigenvalue weighted by Gasteiger charge is -2.24. The fraction of sp³-hybridized carbons (Fsp3) is 0.400. The van der Waals surface area contributed by atoms with Crippen molar-refractivity contribution < 1.29 is 9.50 Å². The van der Waals surface area contributed by atoms with Gasteiger partial charge in [0.15, 0.2) is 0 Å². The van der Waals surface area contributed by atoms with Crippen LogP contribution in [0.4, 0.5) is 4.39 Å². The summed E-state index contributed by atoms with van der Waals surface area (Å²) in [5, 5.41) is 10.5. The normalized spacial score (nSPS) is 14.4. The number of halogens is 1. The maximum absolute atomic E-state index is 13.6. The van der Waals surface area contributed by atoms with Crippen LogP contribution in [0.15, 0.2) is 30.6 Å². The maximum atomic E-state index is 13.6. The van der Waals surface area contributed by atoms with Gasteiger partial charge in [0.25, 0.3) is 0 Å². The van der Waals surface area contributed by atoms with Gasteiger partial charge in [-0.1, -0.05) is 12.1 Å². The molecule has 1 aromatic heterocycles. The number of nitrogens with zero attached hydrogens (tertiary/aromatic N) is 2. The van der Waals surface area contributed by atoms with Crippen LogP contribution in [0, 0.1) is 12.7 Å². The van der Waals surface area contributed by atoms with Gasteiger partial charge < -0.3 is 9.67 Å². The van der Waals surface area contributed by atoms with Crippen molar-refractivity contribution in [2.24, 2.45) is 7.05 Å². The van der Waals surface area contributed by atoms with Crippen LogP contribution in [0.3, 0.4) is 0 Å². The van der Waals surface area contributed by atoms with Gasteiger partial charge in [0.05, 0.1) is 5.60 Å². The topological polar surface area (TPSA) is 38.1 Å². The zero-order valence-corrected chi connectivity index (χ0v) is 11.5. The number of hydrogen-bond donors (Lipinski definition) is 1. The lowest BCUT2D eigenvalue weighted by molar-refractivity contribution is 0.0470. The number of hydrogen-bond acceptors (Lipinski definition) is 2. The molecule has 0 amide bonds. The van der Waals surface area contributed by atoms with Crippen molar-refractivity contribution in [2.45, 2.75) is 32.3 Å². The number of benzene rings is 1. The van der Waals surface area contributed by atoms with Crippen molar-refractivity contribution in [2.75, 3.05) is 0 Å². The molecule has 0 bridgehead atoms. The zero-order valence-electron chi connectivity index (χ0n) is 11.5. The van der Waals surface area contributed by atoms with Crippen LogP contribution < -0.4 is 0 Å². The summed E-state index contributed by atoms with van der Waals surface area (Å²) in [6, 6.07) is 4.88. The molecule has 1 unspecified atom stereocenters. The van der Waals surface area contributed by atoms with Gasteiger partial charge in [0.2, 0.25) is 0 Å². The highest BCUT2D eigenvalue weighted by Gasteiger charge is 2.24. The van der Waals surface area contributed by atoms with E-state index in [1.807, 2.05) is 17.8 Å². The SMILES string of the molecule is Cc1ccc(C(C)(O)CCc2nccn2C)cc1F. The monoisotopic (exact) mass is 262 g/mol. The van der Waals surface area contributed by atoms with Gasteiger partial charge in [-0.3, -0.25) is 0 Å². The molecular weight excluding hydrogens is 243 g/mol. The minimum atomic E-state index is -1.06. The second-order valence-corrected chi connectivity index (χ2v) is 5.19. The van der Waals surface area contributed by atoms with Crippen LogP contribution in [-0.4, -0.2) is 14.7 Å². The Morgan fingerprint density at radius 3 is 2.74 bits per heavy atom. The average Bonchev–Trinajstić information content (AvgIpc) is 2.76. The number of aromatic nitrogens is 2. The lowest BCUT2D eigenvalue weighted by Crippen LogP contribution is -2.23.